The summed E-state index contributed by atoms with van der Waals surface area (Å²) in [6, 6.07) is 10.4. The largest absolute Gasteiger partial charge is 0.362 e. The van der Waals surface area contributed by atoms with Crippen LogP contribution in [-0.2, 0) is 0 Å². The minimum atomic E-state index is 0.480. The van der Waals surface area contributed by atoms with E-state index in [4.69, 9.17) is 0 Å². The van der Waals surface area contributed by atoms with Crippen molar-refractivity contribution in [2.45, 2.75) is 19.8 Å². The van der Waals surface area contributed by atoms with Crippen molar-refractivity contribution in [3.63, 3.8) is 0 Å². The third kappa shape index (κ3) is 2.14. The summed E-state index contributed by atoms with van der Waals surface area (Å²) in [5.41, 5.74) is 2.82. The molecule has 0 fully saturated rings. The van der Waals surface area contributed by atoms with E-state index in [9.17, 15) is 5.26 Å². The van der Waals surface area contributed by atoms with E-state index in [0.29, 0.717) is 11.5 Å². The monoisotopic (exact) mass is 239 g/mol. The molecule has 0 saturated heterocycles. The molecule has 1 aromatic carbocycles. The average Bonchev–Trinajstić information content (AvgIpc) is 2.36. The number of anilines is 1. The van der Waals surface area contributed by atoms with E-state index < -0.39 is 0 Å². The van der Waals surface area contributed by atoms with E-state index in [2.05, 4.69) is 37.0 Å². The maximum absolute atomic E-state index is 9.19. The third-order valence-electron chi connectivity index (χ3n) is 3.03. The van der Waals surface area contributed by atoms with E-state index in [1.54, 1.807) is 0 Å². The fourth-order valence-corrected chi connectivity index (χ4v) is 1.97. The van der Waals surface area contributed by atoms with Gasteiger partial charge in [-0.05, 0) is 29.7 Å². The Morgan fingerprint density at radius 2 is 1.94 bits per heavy atom. The Hall–Kier alpha value is -2.08. The van der Waals surface area contributed by atoms with Gasteiger partial charge in [-0.15, -0.1) is 0 Å². The van der Waals surface area contributed by atoms with Crippen molar-refractivity contribution in [3.8, 4) is 6.07 Å². The number of hydrogen-bond donors (Lipinski definition) is 0. The first-order valence-corrected chi connectivity index (χ1v) is 6.05. The van der Waals surface area contributed by atoms with Gasteiger partial charge < -0.3 is 4.90 Å². The molecule has 1 heterocycles. The van der Waals surface area contributed by atoms with Crippen LogP contribution in [0.5, 0.6) is 0 Å². The summed E-state index contributed by atoms with van der Waals surface area (Å²) in [5, 5.41) is 10.2. The Morgan fingerprint density at radius 3 is 2.50 bits per heavy atom. The lowest BCUT2D eigenvalue weighted by Gasteiger charge is -2.14. The number of fused-ring (bicyclic) bond motifs is 1. The topological polar surface area (TPSA) is 39.9 Å². The zero-order valence-corrected chi connectivity index (χ0v) is 11.2. The van der Waals surface area contributed by atoms with Gasteiger partial charge in [-0.1, -0.05) is 19.9 Å². The highest BCUT2D eigenvalue weighted by atomic mass is 15.1. The van der Waals surface area contributed by atoms with Crippen LogP contribution in [0.1, 0.15) is 30.9 Å². The number of benzene rings is 1. The molecule has 0 aliphatic carbocycles. The second-order valence-electron chi connectivity index (χ2n) is 4.97. The van der Waals surface area contributed by atoms with Crippen LogP contribution in [-0.4, -0.2) is 19.1 Å². The summed E-state index contributed by atoms with van der Waals surface area (Å²) in [6.07, 6.45) is 0. The Kier molecular flexibility index (Phi) is 3.20. The molecule has 0 radical (unpaired) electrons. The molecule has 2 rings (SSSR count). The van der Waals surface area contributed by atoms with Crippen LogP contribution in [0.2, 0.25) is 0 Å². The van der Waals surface area contributed by atoms with E-state index in [1.807, 2.05) is 31.1 Å². The van der Waals surface area contributed by atoms with E-state index >= 15 is 0 Å². The molecule has 92 valence electrons. The van der Waals surface area contributed by atoms with Crippen LogP contribution in [0, 0.1) is 11.3 Å². The first-order chi connectivity index (χ1) is 8.52. The lowest BCUT2D eigenvalue weighted by Crippen LogP contribution is -2.12. The molecule has 0 unspecified atom stereocenters. The van der Waals surface area contributed by atoms with Gasteiger partial charge in [0.05, 0.1) is 11.1 Å². The summed E-state index contributed by atoms with van der Waals surface area (Å²) in [6.45, 7) is 4.32. The molecule has 0 spiro atoms. The van der Waals surface area contributed by atoms with Gasteiger partial charge in [-0.2, -0.15) is 5.26 Å². The zero-order valence-electron chi connectivity index (χ0n) is 11.2. The van der Waals surface area contributed by atoms with E-state index in [1.165, 1.54) is 5.56 Å². The van der Waals surface area contributed by atoms with Crippen LogP contribution in [0.3, 0.4) is 0 Å². The SMILES string of the molecule is CC(C)c1ccc2nc(N(C)C)c(C#N)cc2c1. The third-order valence-corrected chi connectivity index (χ3v) is 3.03. The van der Waals surface area contributed by atoms with Gasteiger partial charge in [0, 0.05) is 19.5 Å². The number of nitriles is 1. The number of hydrogen-bond acceptors (Lipinski definition) is 3. The fraction of sp³-hybridized carbons (Fsp3) is 0.333. The van der Waals surface area contributed by atoms with Crippen LogP contribution in [0.15, 0.2) is 24.3 Å². The summed E-state index contributed by atoms with van der Waals surface area (Å²) >= 11 is 0. The second kappa shape index (κ2) is 4.66. The summed E-state index contributed by atoms with van der Waals surface area (Å²) < 4.78 is 0. The van der Waals surface area contributed by atoms with Crippen molar-refractivity contribution < 1.29 is 0 Å². The van der Waals surface area contributed by atoms with Crippen molar-refractivity contribution in [2.24, 2.45) is 0 Å². The van der Waals surface area contributed by atoms with Gasteiger partial charge in [0.25, 0.3) is 0 Å². The fourth-order valence-electron chi connectivity index (χ4n) is 1.97. The second-order valence-corrected chi connectivity index (χ2v) is 4.97. The van der Waals surface area contributed by atoms with Gasteiger partial charge in [0.2, 0.25) is 0 Å². The van der Waals surface area contributed by atoms with E-state index in [-0.39, 0.29) is 0 Å². The molecule has 3 nitrogen and oxygen atoms in total. The maximum atomic E-state index is 9.19. The molecular weight excluding hydrogens is 222 g/mol. The predicted octanol–water partition coefficient (Wildman–Crippen LogP) is 3.30. The van der Waals surface area contributed by atoms with Crippen LogP contribution >= 0.6 is 0 Å². The van der Waals surface area contributed by atoms with Crippen LogP contribution < -0.4 is 4.90 Å². The summed E-state index contributed by atoms with van der Waals surface area (Å²) in [7, 11) is 3.80. The highest BCUT2D eigenvalue weighted by molar-refractivity contribution is 5.83. The summed E-state index contributed by atoms with van der Waals surface area (Å²) in [5.74, 6) is 1.20. The van der Waals surface area contributed by atoms with E-state index in [0.717, 1.165) is 16.7 Å². The Bertz CT molecular complexity index is 621. The molecule has 18 heavy (non-hydrogen) atoms. The van der Waals surface area contributed by atoms with Crippen molar-refractivity contribution in [1.82, 2.24) is 4.98 Å². The minimum Gasteiger partial charge on any atom is -0.362 e. The summed E-state index contributed by atoms with van der Waals surface area (Å²) in [4.78, 5) is 6.42. The molecule has 1 aromatic heterocycles. The Labute approximate surface area is 108 Å². The molecule has 3 heteroatoms. The molecule has 0 atom stereocenters. The first kappa shape index (κ1) is 12.4. The molecule has 0 bridgehead atoms. The lowest BCUT2D eigenvalue weighted by molar-refractivity contribution is 0.868. The number of pyridine rings is 1. The number of nitrogens with zero attached hydrogens (tertiary/aromatic N) is 3. The van der Waals surface area contributed by atoms with Gasteiger partial charge in [-0.3, -0.25) is 0 Å². The Balaban J connectivity index is 2.68. The van der Waals surface area contributed by atoms with Crippen molar-refractivity contribution in [2.75, 3.05) is 19.0 Å². The van der Waals surface area contributed by atoms with Gasteiger partial charge in [-0.25, -0.2) is 4.98 Å². The van der Waals surface area contributed by atoms with Crippen LogP contribution in [0.4, 0.5) is 5.82 Å². The van der Waals surface area contributed by atoms with Crippen molar-refractivity contribution in [1.29, 1.82) is 5.26 Å². The highest BCUT2D eigenvalue weighted by Crippen LogP contribution is 2.25. The quantitative estimate of drug-likeness (QED) is 0.807. The molecule has 0 aliphatic rings. The smallest absolute Gasteiger partial charge is 0.146 e. The molecule has 0 aliphatic heterocycles. The minimum absolute atomic E-state index is 0.480. The zero-order chi connectivity index (χ0) is 13.3. The Morgan fingerprint density at radius 1 is 1.22 bits per heavy atom. The predicted molar refractivity (Wildman–Crippen MR) is 74.9 cm³/mol. The molecule has 0 saturated carbocycles. The average molecular weight is 239 g/mol. The van der Waals surface area contributed by atoms with Crippen LogP contribution in [0.25, 0.3) is 10.9 Å². The lowest BCUT2D eigenvalue weighted by atomic mass is 10.0. The van der Waals surface area contributed by atoms with Crippen molar-refractivity contribution in [3.05, 3.63) is 35.4 Å². The van der Waals surface area contributed by atoms with Gasteiger partial charge >= 0.3 is 0 Å². The maximum Gasteiger partial charge on any atom is 0.146 e. The van der Waals surface area contributed by atoms with Crippen molar-refractivity contribution >= 4 is 16.7 Å². The van der Waals surface area contributed by atoms with Gasteiger partial charge in [0.1, 0.15) is 11.9 Å². The number of rotatable bonds is 2. The highest BCUT2D eigenvalue weighted by Gasteiger charge is 2.09. The standard InChI is InChI=1S/C15H17N3/c1-10(2)11-5-6-14-12(7-11)8-13(9-16)15(17-14)18(3)4/h5-8,10H,1-4H3. The molecular formula is C15H17N3. The molecule has 2 aromatic rings. The molecule has 0 N–H and O–H groups in total. The first-order valence-electron chi connectivity index (χ1n) is 6.05. The molecule has 0 amide bonds. The van der Waals surface area contributed by atoms with Gasteiger partial charge in [0.15, 0.2) is 0 Å². The number of aromatic nitrogens is 1. The normalized spacial score (nSPS) is 10.7.